The summed E-state index contributed by atoms with van der Waals surface area (Å²) in [5.74, 6) is -0.0195. The lowest BCUT2D eigenvalue weighted by molar-refractivity contribution is -0.384. The molecule has 1 fully saturated rings. The van der Waals surface area contributed by atoms with Crippen LogP contribution in [0.4, 0.5) is 5.69 Å². The Labute approximate surface area is 153 Å². The highest BCUT2D eigenvalue weighted by Gasteiger charge is 2.24. The number of hydrogen-bond acceptors (Lipinski definition) is 5. The van der Waals surface area contributed by atoms with Gasteiger partial charge in [-0.15, -0.1) is 0 Å². The van der Waals surface area contributed by atoms with E-state index in [9.17, 15) is 19.7 Å². The first kappa shape index (κ1) is 19.8. The standard InChI is InChI=1S/C18H26N4O4/c19-10-4-2-1-3-5-17(23)20-11-13-21(14-12-20)18(24)15-6-8-16(9-7-15)22(25)26/h6-9H,1-5,10-14,19H2. The minimum Gasteiger partial charge on any atom is -0.339 e. The van der Waals surface area contributed by atoms with Crippen LogP contribution >= 0.6 is 0 Å². The molecule has 142 valence electrons. The summed E-state index contributed by atoms with van der Waals surface area (Å²) in [5, 5.41) is 10.7. The van der Waals surface area contributed by atoms with Crippen LogP contribution in [0.2, 0.25) is 0 Å². The van der Waals surface area contributed by atoms with Crippen molar-refractivity contribution in [3.63, 3.8) is 0 Å². The minimum atomic E-state index is -0.491. The van der Waals surface area contributed by atoms with Gasteiger partial charge in [-0.05, 0) is 31.5 Å². The van der Waals surface area contributed by atoms with E-state index in [1.807, 2.05) is 4.90 Å². The SMILES string of the molecule is NCCCCCCC(=O)N1CCN(C(=O)c2ccc([N+](=O)[O-])cc2)CC1. The van der Waals surface area contributed by atoms with Crippen molar-refractivity contribution < 1.29 is 14.5 Å². The fourth-order valence-electron chi connectivity index (χ4n) is 3.00. The van der Waals surface area contributed by atoms with Gasteiger partial charge in [-0.25, -0.2) is 0 Å². The van der Waals surface area contributed by atoms with Gasteiger partial charge in [0.1, 0.15) is 0 Å². The van der Waals surface area contributed by atoms with Crippen LogP contribution in [0, 0.1) is 10.1 Å². The van der Waals surface area contributed by atoms with Crippen molar-refractivity contribution in [2.75, 3.05) is 32.7 Å². The highest BCUT2D eigenvalue weighted by molar-refractivity contribution is 5.94. The maximum absolute atomic E-state index is 12.5. The third-order valence-corrected chi connectivity index (χ3v) is 4.59. The summed E-state index contributed by atoms with van der Waals surface area (Å²) in [4.78, 5) is 38.4. The number of carbonyl (C=O) groups excluding carboxylic acids is 2. The van der Waals surface area contributed by atoms with E-state index in [4.69, 9.17) is 5.73 Å². The summed E-state index contributed by atoms with van der Waals surface area (Å²) in [5.41, 5.74) is 5.84. The quantitative estimate of drug-likeness (QED) is 0.431. The van der Waals surface area contributed by atoms with Gasteiger partial charge in [0, 0.05) is 50.3 Å². The third kappa shape index (κ3) is 5.52. The van der Waals surface area contributed by atoms with Crippen molar-refractivity contribution in [1.29, 1.82) is 0 Å². The van der Waals surface area contributed by atoms with Crippen LogP contribution in [0.3, 0.4) is 0 Å². The minimum absolute atomic E-state index is 0.0385. The molecule has 0 spiro atoms. The lowest BCUT2D eigenvalue weighted by Crippen LogP contribution is -2.50. The molecule has 26 heavy (non-hydrogen) atoms. The number of nitrogens with zero attached hydrogens (tertiary/aromatic N) is 3. The topological polar surface area (TPSA) is 110 Å². The second-order valence-electron chi connectivity index (χ2n) is 6.43. The Morgan fingerprint density at radius 3 is 2.12 bits per heavy atom. The normalized spacial score (nSPS) is 14.3. The molecular weight excluding hydrogens is 336 g/mol. The van der Waals surface area contributed by atoms with Crippen LogP contribution in [0.15, 0.2) is 24.3 Å². The zero-order valence-corrected chi connectivity index (χ0v) is 14.9. The molecule has 1 aliphatic heterocycles. The van der Waals surface area contributed by atoms with Crippen LogP contribution in [0.25, 0.3) is 0 Å². The number of piperazine rings is 1. The first-order valence-corrected chi connectivity index (χ1v) is 9.04. The summed E-state index contributed by atoms with van der Waals surface area (Å²) in [6.07, 6.45) is 4.49. The van der Waals surface area contributed by atoms with Crippen LogP contribution in [0.5, 0.6) is 0 Å². The van der Waals surface area contributed by atoms with Crippen molar-refractivity contribution in [2.24, 2.45) is 5.73 Å². The Kier molecular flexibility index (Phi) is 7.53. The van der Waals surface area contributed by atoms with E-state index in [1.165, 1.54) is 24.3 Å². The molecular formula is C18H26N4O4. The Morgan fingerprint density at radius 1 is 0.962 bits per heavy atom. The molecule has 0 aliphatic carbocycles. The second kappa shape index (κ2) is 9.86. The van der Waals surface area contributed by atoms with Crippen molar-refractivity contribution in [3.8, 4) is 0 Å². The molecule has 0 radical (unpaired) electrons. The monoisotopic (exact) mass is 362 g/mol. The molecule has 8 nitrogen and oxygen atoms in total. The van der Waals surface area contributed by atoms with Gasteiger partial charge in [0.25, 0.3) is 11.6 Å². The van der Waals surface area contributed by atoms with Crippen LogP contribution in [-0.4, -0.2) is 59.3 Å². The fraction of sp³-hybridized carbons (Fsp3) is 0.556. The predicted molar refractivity (Wildman–Crippen MR) is 97.7 cm³/mol. The third-order valence-electron chi connectivity index (χ3n) is 4.59. The van der Waals surface area contributed by atoms with Gasteiger partial charge < -0.3 is 15.5 Å². The highest BCUT2D eigenvalue weighted by Crippen LogP contribution is 2.15. The highest BCUT2D eigenvalue weighted by atomic mass is 16.6. The average Bonchev–Trinajstić information content (AvgIpc) is 2.67. The molecule has 2 N–H and O–H groups in total. The maximum Gasteiger partial charge on any atom is 0.269 e. The van der Waals surface area contributed by atoms with E-state index in [-0.39, 0.29) is 17.5 Å². The molecule has 0 aromatic heterocycles. The molecule has 1 saturated heterocycles. The van der Waals surface area contributed by atoms with Gasteiger partial charge in [-0.1, -0.05) is 12.8 Å². The van der Waals surface area contributed by atoms with Gasteiger partial charge in [-0.3, -0.25) is 19.7 Å². The zero-order chi connectivity index (χ0) is 18.9. The van der Waals surface area contributed by atoms with Crippen molar-refractivity contribution in [1.82, 2.24) is 9.80 Å². The Hall–Kier alpha value is -2.48. The number of non-ortho nitro benzene ring substituents is 1. The molecule has 2 rings (SSSR count). The Bertz CT molecular complexity index is 625. The van der Waals surface area contributed by atoms with Crippen molar-refractivity contribution >= 4 is 17.5 Å². The molecule has 1 aliphatic rings. The summed E-state index contributed by atoms with van der Waals surface area (Å²) in [6.45, 7) is 2.71. The van der Waals surface area contributed by atoms with Gasteiger partial charge in [0.15, 0.2) is 0 Å². The van der Waals surface area contributed by atoms with Crippen LogP contribution in [0.1, 0.15) is 42.5 Å². The van der Waals surface area contributed by atoms with E-state index in [1.54, 1.807) is 4.90 Å². The fourth-order valence-corrected chi connectivity index (χ4v) is 3.00. The van der Waals surface area contributed by atoms with Gasteiger partial charge in [0.05, 0.1) is 4.92 Å². The van der Waals surface area contributed by atoms with Crippen molar-refractivity contribution in [3.05, 3.63) is 39.9 Å². The van der Waals surface area contributed by atoms with E-state index in [2.05, 4.69) is 0 Å². The van der Waals surface area contributed by atoms with Crippen molar-refractivity contribution in [2.45, 2.75) is 32.1 Å². The number of amides is 2. The largest absolute Gasteiger partial charge is 0.339 e. The molecule has 8 heteroatoms. The second-order valence-corrected chi connectivity index (χ2v) is 6.43. The summed E-state index contributed by atoms with van der Waals surface area (Å²) >= 11 is 0. The average molecular weight is 362 g/mol. The number of hydrogen-bond donors (Lipinski definition) is 1. The first-order chi connectivity index (χ1) is 12.5. The maximum atomic E-state index is 12.5. The molecule has 1 heterocycles. The molecule has 0 bridgehead atoms. The number of benzene rings is 1. The molecule has 2 amide bonds. The number of carbonyl (C=O) groups is 2. The van der Waals surface area contributed by atoms with E-state index in [0.29, 0.717) is 44.7 Å². The van der Waals surface area contributed by atoms with E-state index >= 15 is 0 Å². The molecule has 0 unspecified atom stereocenters. The Morgan fingerprint density at radius 2 is 1.54 bits per heavy atom. The first-order valence-electron chi connectivity index (χ1n) is 9.04. The van der Waals surface area contributed by atoms with E-state index < -0.39 is 4.92 Å². The smallest absolute Gasteiger partial charge is 0.269 e. The summed E-state index contributed by atoms with van der Waals surface area (Å²) in [6, 6.07) is 5.61. The number of nitrogens with two attached hydrogens (primary N) is 1. The molecule has 1 aromatic carbocycles. The summed E-state index contributed by atoms with van der Waals surface area (Å²) < 4.78 is 0. The van der Waals surface area contributed by atoms with Crippen LogP contribution in [-0.2, 0) is 4.79 Å². The number of unbranched alkanes of at least 4 members (excludes halogenated alkanes) is 3. The lowest BCUT2D eigenvalue weighted by Gasteiger charge is -2.35. The number of rotatable bonds is 8. The molecule has 0 saturated carbocycles. The van der Waals surface area contributed by atoms with Gasteiger partial charge >= 0.3 is 0 Å². The summed E-state index contributed by atoms with van der Waals surface area (Å²) in [7, 11) is 0. The lowest BCUT2D eigenvalue weighted by atomic mass is 10.1. The molecule has 1 aromatic rings. The van der Waals surface area contributed by atoms with Crippen LogP contribution < -0.4 is 5.73 Å². The number of nitro groups is 1. The molecule has 0 atom stereocenters. The van der Waals surface area contributed by atoms with Gasteiger partial charge in [-0.2, -0.15) is 0 Å². The number of nitro benzene ring substituents is 1. The van der Waals surface area contributed by atoms with E-state index in [0.717, 1.165) is 25.7 Å². The Balaban J connectivity index is 1.77. The van der Waals surface area contributed by atoms with Gasteiger partial charge in [0.2, 0.25) is 5.91 Å². The zero-order valence-electron chi connectivity index (χ0n) is 14.9. The predicted octanol–water partition coefficient (Wildman–Crippen LogP) is 1.79.